The van der Waals surface area contributed by atoms with Gasteiger partial charge in [0.05, 0.1) is 23.8 Å². The molecular formula is C25H29N5O5S2. The quantitative estimate of drug-likeness (QED) is 0.462. The molecule has 0 unspecified atom stereocenters. The number of piperazine rings is 1. The summed E-state index contributed by atoms with van der Waals surface area (Å²) in [5, 5.41) is 1.74. The Balaban J connectivity index is 1.07. The number of sulfonamides is 2. The molecule has 0 aliphatic carbocycles. The molecule has 3 aliphatic heterocycles. The van der Waals surface area contributed by atoms with E-state index in [1.54, 1.807) is 24.3 Å². The molecule has 3 aromatic rings. The summed E-state index contributed by atoms with van der Waals surface area (Å²) in [6, 6.07) is 14.5. The third-order valence-electron chi connectivity index (χ3n) is 7.33. The van der Waals surface area contributed by atoms with Gasteiger partial charge in [-0.15, -0.1) is 0 Å². The largest absolute Gasteiger partial charge is 0.379 e. The lowest BCUT2D eigenvalue weighted by Gasteiger charge is -2.36. The van der Waals surface area contributed by atoms with Gasteiger partial charge in [-0.2, -0.15) is 4.31 Å². The van der Waals surface area contributed by atoms with Gasteiger partial charge in [-0.05, 0) is 29.7 Å². The molecule has 12 heteroatoms. The Morgan fingerprint density at radius 1 is 0.865 bits per heavy atom. The highest BCUT2D eigenvalue weighted by molar-refractivity contribution is 7.93. The fourth-order valence-corrected chi connectivity index (χ4v) is 8.34. The Labute approximate surface area is 217 Å². The highest BCUT2D eigenvalue weighted by Gasteiger charge is 2.35. The van der Waals surface area contributed by atoms with E-state index >= 15 is 0 Å². The molecule has 2 saturated heterocycles. The first kappa shape index (κ1) is 24.6. The maximum Gasteiger partial charge on any atom is 0.265 e. The first-order valence-corrected chi connectivity index (χ1v) is 15.3. The molecule has 2 fully saturated rings. The second-order valence-electron chi connectivity index (χ2n) is 9.41. The van der Waals surface area contributed by atoms with Gasteiger partial charge >= 0.3 is 0 Å². The van der Waals surface area contributed by atoms with Crippen LogP contribution in [0.3, 0.4) is 0 Å². The Hall–Kier alpha value is -2.77. The van der Waals surface area contributed by atoms with Gasteiger partial charge in [0, 0.05) is 63.9 Å². The van der Waals surface area contributed by atoms with Gasteiger partial charge in [-0.1, -0.05) is 24.3 Å². The van der Waals surface area contributed by atoms with Gasteiger partial charge in [-0.3, -0.25) is 9.21 Å². The van der Waals surface area contributed by atoms with Crippen LogP contribution in [-0.2, 0) is 24.8 Å². The van der Waals surface area contributed by atoms with Crippen LogP contribution < -0.4 is 9.21 Å². The third kappa shape index (κ3) is 4.36. The van der Waals surface area contributed by atoms with E-state index in [9.17, 15) is 16.8 Å². The summed E-state index contributed by atoms with van der Waals surface area (Å²) < 4.78 is 60.3. The fourth-order valence-electron chi connectivity index (χ4n) is 5.28. The normalized spacial score (nSPS) is 20.5. The molecule has 2 aromatic carbocycles. The second-order valence-corrected chi connectivity index (χ2v) is 13.2. The molecule has 196 valence electrons. The predicted molar refractivity (Wildman–Crippen MR) is 141 cm³/mol. The SMILES string of the molecule is O=S(=O)(c1ccc(N2CCN(CCN3c4cccc5cccc(c45)S3(=O)=O)CC2)nc1)N1CCOCC1. The van der Waals surface area contributed by atoms with Crippen LogP contribution >= 0.6 is 0 Å². The molecule has 0 amide bonds. The van der Waals surface area contributed by atoms with Crippen LogP contribution in [0.15, 0.2) is 64.5 Å². The van der Waals surface area contributed by atoms with E-state index < -0.39 is 20.0 Å². The van der Waals surface area contributed by atoms with Gasteiger partial charge in [0.25, 0.3) is 10.0 Å². The van der Waals surface area contributed by atoms with Crippen LogP contribution in [0, 0.1) is 0 Å². The molecule has 4 heterocycles. The fraction of sp³-hybridized carbons (Fsp3) is 0.400. The maximum absolute atomic E-state index is 13.2. The van der Waals surface area contributed by atoms with E-state index in [2.05, 4.69) is 14.8 Å². The van der Waals surface area contributed by atoms with Crippen LogP contribution in [0.1, 0.15) is 0 Å². The summed E-state index contributed by atoms with van der Waals surface area (Å²) in [4.78, 5) is 9.41. The molecule has 6 rings (SSSR count). The van der Waals surface area contributed by atoms with E-state index in [1.165, 1.54) is 14.8 Å². The Morgan fingerprint density at radius 3 is 2.30 bits per heavy atom. The summed E-state index contributed by atoms with van der Waals surface area (Å²) in [6.07, 6.45) is 1.43. The van der Waals surface area contributed by atoms with Crippen LogP contribution in [0.2, 0.25) is 0 Å². The van der Waals surface area contributed by atoms with Gasteiger partial charge in [0.2, 0.25) is 10.0 Å². The van der Waals surface area contributed by atoms with Crippen LogP contribution in [-0.4, -0.2) is 96.6 Å². The number of ether oxygens (including phenoxy) is 1. The van der Waals surface area contributed by atoms with Crippen molar-refractivity contribution >= 4 is 42.3 Å². The van der Waals surface area contributed by atoms with E-state index in [0.29, 0.717) is 44.3 Å². The van der Waals surface area contributed by atoms with Crippen molar-refractivity contribution in [3.63, 3.8) is 0 Å². The van der Waals surface area contributed by atoms with Crippen LogP contribution in [0.25, 0.3) is 10.8 Å². The molecule has 0 radical (unpaired) electrons. The van der Waals surface area contributed by atoms with E-state index in [-0.39, 0.29) is 4.90 Å². The van der Waals surface area contributed by atoms with Crippen molar-refractivity contribution in [3.8, 4) is 0 Å². The molecule has 0 atom stereocenters. The van der Waals surface area contributed by atoms with Gasteiger partial charge < -0.3 is 9.64 Å². The minimum atomic E-state index is -3.57. The average molecular weight is 544 g/mol. The standard InChI is InChI=1S/C25H29N5O5S2/c31-36(32,29-15-17-35-18-16-29)21-7-8-24(26-19-21)28-12-9-27(10-13-28)11-14-30-22-5-1-3-20-4-2-6-23(25(20)22)37(30,33)34/h1-8,19H,9-18H2. The lowest BCUT2D eigenvalue weighted by Crippen LogP contribution is -2.49. The van der Waals surface area contributed by atoms with Crippen molar-refractivity contribution in [3.05, 3.63) is 54.7 Å². The van der Waals surface area contributed by atoms with Crippen LogP contribution in [0.5, 0.6) is 0 Å². The van der Waals surface area contributed by atoms with Crippen molar-refractivity contribution in [1.82, 2.24) is 14.2 Å². The monoisotopic (exact) mass is 543 g/mol. The summed E-state index contributed by atoms with van der Waals surface area (Å²) in [5.74, 6) is 0.741. The molecule has 10 nitrogen and oxygen atoms in total. The zero-order valence-electron chi connectivity index (χ0n) is 20.4. The van der Waals surface area contributed by atoms with Gasteiger partial charge in [0.1, 0.15) is 10.7 Å². The first-order valence-electron chi connectivity index (χ1n) is 12.4. The molecule has 37 heavy (non-hydrogen) atoms. The van der Waals surface area contributed by atoms with Gasteiger partial charge in [0.15, 0.2) is 0 Å². The van der Waals surface area contributed by atoms with Crippen molar-refractivity contribution in [2.24, 2.45) is 0 Å². The smallest absolute Gasteiger partial charge is 0.265 e. The highest BCUT2D eigenvalue weighted by Crippen LogP contribution is 2.41. The van der Waals surface area contributed by atoms with Crippen molar-refractivity contribution in [2.75, 3.05) is 74.8 Å². The zero-order valence-corrected chi connectivity index (χ0v) is 22.0. The summed E-state index contributed by atoms with van der Waals surface area (Å²) in [5.41, 5.74) is 0.753. The lowest BCUT2D eigenvalue weighted by molar-refractivity contribution is 0.0730. The molecule has 3 aliphatic rings. The summed E-state index contributed by atoms with van der Waals surface area (Å²) in [7, 11) is -7.12. The van der Waals surface area contributed by atoms with Crippen molar-refractivity contribution in [1.29, 1.82) is 0 Å². The first-order chi connectivity index (χ1) is 17.9. The number of benzene rings is 2. The zero-order chi connectivity index (χ0) is 25.6. The minimum Gasteiger partial charge on any atom is -0.379 e. The molecule has 0 saturated carbocycles. The maximum atomic E-state index is 13.2. The Kier molecular flexibility index (Phi) is 6.32. The number of anilines is 2. The average Bonchev–Trinajstić information content (AvgIpc) is 3.15. The number of hydrogen-bond acceptors (Lipinski definition) is 8. The molecule has 0 spiro atoms. The topological polar surface area (TPSA) is 103 Å². The number of pyridine rings is 1. The van der Waals surface area contributed by atoms with Crippen molar-refractivity contribution < 1.29 is 21.6 Å². The number of hydrogen-bond donors (Lipinski definition) is 0. The van der Waals surface area contributed by atoms with E-state index in [0.717, 1.165) is 48.5 Å². The van der Waals surface area contributed by atoms with Crippen molar-refractivity contribution in [2.45, 2.75) is 9.79 Å². The third-order valence-corrected chi connectivity index (χ3v) is 11.1. The number of nitrogens with zero attached hydrogens (tertiary/aromatic N) is 5. The second kappa shape index (κ2) is 9.52. The highest BCUT2D eigenvalue weighted by atomic mass is 32.2. The predicted octanol–water partition coefficient (Wildman–Crippen LogP) is 1.59. The summed E-state index contributed by atoms with van der Waals surface area (Å²) >= 11 is 0. The van der Waals surface area contributed by atoms with E-state index in [1.807, 2.05) is 24.3 Å². The Morgan fingerprint density at radius 2 is 1.59 bits per heavy atom. The number of aromatic nitrogens is 1. The number of morpholine rings is 1. The van der Waals surface area contributed by atoms with E-state index in [4.69, 9.17) is 4.74 Å². The summed E-state index contributed by atoms with van der Waals surface area (Å²) in [6.45, 7) is 5.52. The molecular weight excluding hydrogens is 514 g/mol. The number of rotatable bonds is 6. The molecule has 1 aromatic heterocycles. The Bertz CT molecular complexity index is 1510. The minimum absolute atomic E-state index is 0.194. The van der Waals surface area contributed by atoms with Crippen LogP contribution in [0.4, 0.5) is 11.5 Å². The molecule has 0 bridgehead atoms. The molecule has 0 N–H and O–H groups in total. The lowest BCUT2D eigenvalue weighted by atomic mass is 10.1. The van der Waals surface area contributed by atoms with Gasteiger partial charge in [-0.25, -0.2) is 21.8 Å².